The summed E-state index contributed by atoms with van der Waals surface area (Å²) >= 11 is 0. The maximum Gasteiger partial charge on any atom is 0.222 e. The van der Waals surface area contributed by atoms with Gasteiger partial charge in [0.2, 0.25) is 5.91 Å². The Kier molecular flexibility index (Phi) is 3.62. The predicted octanol–water partition coefficient (Wildman–Crippen LogP) is 1.52. The highest BCUT2D eigenvalue weighted by Gasteiger charge is 2.25. The van der Waals surface area contributed by atoms with E-state index in [9.17, 15) is 4.79 Å². The van der Waals surface area contributed by atoms with Crippen LogP contribution in [-0.2, 0) is 4.79 Å². The normalized spacial score (nSPS) is 32.3. The van der Waals surface area contributed by atoms with Crippen molar-refractivity contribution in [2.45, 2.75) is 51.0 Å². The van der Waals surface area contributed by atoms with Crippen LogP contribution in [0, 0.1) is 5.92 Å². The third kappa shape index (κ3) is 2.71. The summed E-state index contributed by atoms with van der Waals surface area (Å²) in [5.41, 5.74) is 6.03. The van der Waals surface area contributed by atoms with Gasteiger partial charge in [0.05, 0.1) is 0 Å². The van der Waals surface area contributed by atoms with Gasteiger partial charge in [-0.3, -0.25) is 4.79 Å². The van der Waals surface area contributed by atoms with Crippen LogP contribution in [0.4, 0.5) is 0 Å². The molecule has 1 saturated heterocycles. The van der Waals surface area contributed by atoms with Crippen molar-refractivity contribution in [2.75, 3.05) is 13.1 Å². The first-order valence-corrected chi connectivity index (χ1v) is 6.31. The fraction of sp³-hybridized carbons (Fsp3) is 0.917. The van der Waals surface area contributed by atoms with E-state index in [1.54, 1.807) is 0 Å². The Morgan fingerprint density at radius 1 is 1.27 bits per heavy atom. The quantitative estimate of drug-likeness (QED) is 0.767. The lowest BCUT2D eigenvalue weighted by Crippen LogP contribution is -2.37. The van der Waals surface area contributed by atoms with Gasteiger partial charge in [-0.2, -0.15) is 0 Å². The zero-order chi connectivity index (χ0) is 10.7. The SMILES string of the molecule is NC1CCCC1CCN1CCCCC1=O. The summed E-state index contributed by atoms with van der Waals surface area (Å²) < 4.78 is 0. The smallest absolute Gasteiger partial charge is 0.222 e. The van der Waals surface area contributed by atoms with Crippen molar-refractivity contribution in [1.82, 2.24) is 4.90 Å². The van der Waals surface area contributed by atoms with Gasteiger partial charge >= 0.3 is 0 Å². The van der Waals surface area contributed by atoms with Crippen molar-refractivity contribution in [3.63, 3.8) is 0 Å². The maximum atomic E-state index is 11.6. The first-order valence-electron chi connectivity index (χ1n) is 6.31. The Labute approximate surface area is 92.0 Å². The molecule has 0 bridgehead atoms. The largest absolute Gasteiger partial charge is 0.343 e. The molecule has 3 heteroatoms. The molecule has 3 nitrogen and oxygen atoms in total. The number of carbonyl (C=O) groups is 1. The van der Waals surface area contributed by atoms with E-state index in [4.69, 9.17) is 5.73 Å². The van der Waals surface area contributed by atoms with Gasteiger partial charge < -0.3 is 10.6 Å². The number of likely N-dealkylation sites (tertiary alicyclic amines) is 1. The van der Waals surface area contributed by atoms with Crippen molar-refractivity contribution >= 4 is 5.91 Å². The van der Waals surface area contributed by atoms with E-state index < -0.39 is 0 Å². The first-order chi connectivity index (χ1) is 7.27. The highest BCUT2D eigenvalue weighted by atomic mass is 16.2. The van der Waals surface area contributed by atoms with Gasteiger partial charge in [0, 0.05) is 25.6 Å². The summed E-state index contributed by atoms with van der Waals surface area (Å²) in [6, 6.07) is 0.393. The second kappa shape index (κ2) is 4.97. The average Bonchev–Trinajstić information content (AvgIpc) is 2.63. The number of hydrogen-bond acceptors (Lipinski definition) is 2. The van der Waals surface area contributed by atoms with Gasteiger partial charge in [-0.1, -0.05) is 6.42 Å². The summed E-state index contributed by atoms with van der Waals surface area (Å²) in [5.74, 6) is 1.02. The third-order valence-corrected chi connectivity index (χ3v) is 3.91. The van der Waals surface area contributed by atoms with Crippen LogP contribution in [0.2, 0.25) is 0 Å². The van der Waals surface area contributed by atoms with Crippen molar-refractivity contribution in [1.29, 1.82) is 0 Å². The van der Waals surface area contributed by atoms with Crippen LogP contribution in [0.1, 0.15) is 44.9 Å². The van der Waals surface area contributed by atoms with Gasteiger partial charge in [0.1, 0.15) is 0 Å². The van der Waals surface area contributed by atoms with Crippen LogP contribution in [0.25, 0.3) is 0 Å². The van der Waals surface area contributed by atoms with E-state index in [1.807, 2.05) is 4.90 Å². The number of carbonyl (C=O) groups excluding carboxylic acids is 1. The number of nitrogens with two attached hydrogens (primary N) is 1. The number of piperidine rings is 1. The van der Waals surface area contributed by atoms with Gasteiger partial charge in [-0.05, 0) is 38.0 Å². The molecule has 0 aromatic carbocycles. The number of hydrogen-bond donors (Lipinski definition) is 1. The van der Waals surface area contributed by atoms with Crippen LogP contribution in [0.15, 0.2) is 0 Å². The maximum absolute atomic E-state index is 11.6. The van der Waals surface area contributed by atoms with Crippen LogP contribution >= 0.6 is 0 Å². The molecule has 15 heavy (non-hydrogen) atoms. The van der Waals surface area contributed by atoms with Gasteiger partial charge in [-0.15, -0.1) is 0 Å². The van der Waals surface area contributed by atoms with Crippen molar-refractivity contribution in [3.05, 3.63) is 0 Å². The van der Waals surface area contributed by atoms with Crippen molar-refractivity contribution < 1.29 is 4.79 Å². The standard InChI is InChI=1S/C12H22N2O/c13-11-5-3-4-10(11)7-9-14-8-2-1-6-12(14)15/h10-11H,1-9,13H2. The molecule has 1 aliphatic carbocycles. The minimum absolute atomic E-state index is 0.354. The molecule has 86 valence electrons. The van der Waals surface area contributed by atoms with Crippen LogP contribution in [0.5, 0.6) is 0 Å². The molecule has 1 heterocycles. The molecule has 2 fully saturated rings. The zero-order valence-electron chi connectivity index (χ0n) is 9.45. The average molecular weight is 210 g/mol. The first kappa shape index (κ1) is 10.9. The fourth-order valence-corrected chi connectivity index (χ4v) is 2.84. The lowest BCUT2D eigenvalue weighted by Gasteiger charge is -2.28. The molecule has 0 spiro atoms. The fourth-order valence-electron chi connectivity index (χ4n) is 2.84. The molecule has 0 aromatic heterocycles. The highest BCUT2D eigenvalue weighted by molar-refractivity contribution is 5.76. The van der Waals surface area contributed by atoms with E-state index in [-0.39, 0.29) is 0 Å². The van der Waals surface area contributed by atoms with Crippen LogP contribution < -0.4 is 5.73 Å². The molecule has 1 saturated carbocycles. The molecular formula is C12H22N2O. The molecule has 1 aliphatic heterocycles. The topological polar surface area (TPSA) is 46.3 Å². The van der Waals surface area contributed by atoms with Crippen LogP contribution in [0.3, 0.4) is 0 Å². The van der Waals surface area contributed by atoms with E-state index in [2.05, 4.69) is 0 Å². The molecule has 0 radical (unpaired) electrons. The van der Waals surface area contributed by atoms with E-state index >= 15 is 0 Å². The summed E-state index contributed by atoms with van der Waals surface area (Å²) in [7, 11) is 0. The monoisotopic (exact) mass is 210 g/mol. The van der Waals surface area contributed by atoms with Crippen molar-refractivity contribution in [2.24, 2.45) is 11.7 Å². The number of amides is 1. The number of rotatable bonds is 3. The zero-order valence-corrected chi connectivity index (χ0v) is 9.45. The summed E-state index contributed by atoms with van der Waals surface area (Å²) in [4.78, 5) is 13.6. The lowest BCUT2D eigenvalue weighted by molar-refractivity contribution is -0.133. The minimum atomic E-state index is 0.354. The summed E-state index contributed by atoms with van der Waals surface area (Å²) in [6.45, 7) is 1.91. The molecule has 0 aromatic rings. The van der Waals surface area contributed by atoms with Crippen molar-refractivity contribution in [3.8, 4) is 0 Å². The second-order valence-electron chi connectivity index (χ2n) is 4.98. The Bertz CT molecular complexity index is 230. The molecule has 2 atom stereocenters. The Morgan fingerprint density at radius 3 is 2.80 bits per heavy atom. The Balaban J connectivity index is 1.74. The third-order valence-electron chi connectivity index (χ3n) is 3.91. The van der Waals surface area contributed by atoms with E-state index in [0.717, 1.165) is 32.4 Å². The second-order valence-corrected chi connectivity index (χ2v) is 4.98. The van der Waals surface area contributed by atoms with Gasteiger partial charge in [0.25, 0.3) is 0 Å². The Hall–Kier alpha value is -0.570. The summed E-state index contributed by atoms with van der Waals surface area (Å²) in [5, 5.41) is 0. The molecule has 1 amide bonds. The lowest BCUT2D eigenvalue weighted by atomic mass is 9.99. The summed E-state index contributed by atoms with van der Waals surface area (Å²) in [6.07, 6.45) is 7.87. The highest BCUT2D eigenvalue weighted by Crippen LogP contribution is 2.27. The van der Waals surface area contributed by atoms with E-state index in [1.165, 1.54) is 25.7 Å². The van der Waals surface area contributed by atoms with Crippen LogP contribution in [-0.4, -0.2) is 29.9 Å². The predicted molar refractivity (Wildman–Crippen MR) is 60.4 cm³/mol. The molecular weight excluding hydrogens is 188 g/mol. The minimum Gasteiger partial charge on any atom is -0.343 e. The Morgan fingerprint density at radius 2 is 2.13 bits per heavy atom. The van der Waals surface area contributed by atoms with Gasteiger partial charge in [-0.25, -0.2) is 0 Å². The molecule has 2 N–H and O–H groups in total. The molecule has 2 rings (SSSR count). The number of nitrogens with zero attached hydrogens (tertiary/aromatic N) is 1. The molecule has 2 unspecified atom stereocenters. The van der Waals surface area contributed by atoms with Gasteiger partial charge in [0.15, 0.2) is 0 Å². The molecule has 2 aliphatic rings. The van der Waals surface area contributed by atoms with E-state index in [0.29, 0.717) is 17.9 Å².